The summed E-state index contributed by atoms with van der Waals surface area (Å²) in [5, 5.41) is 8.36. The lowest BCUT2D eigenvalue weighted by Gasteiger charge is -2.22. The number of allylic oxidation sites excluding steroid dienone is 4. The maximum atomic E-state index is 5.33. The van der Waals surface area contributed by atoms with Crippen LogP contribution in [0.25, 0.3) is 49.3 Å². The van der Waals surface area contributed by atoms with Gasteiger partial charge in [-0.1, -0.05) is 103 Å². The van der Waals surface area contributed by atoms with Crippen LogP contribution in [-0.2, 0) is 0 Å². The van der Waals surface area contributed by atoms with E-state index in [1.165, 1.54) is 32.6 Å². The number of hydrogen-bond acceptors (Lipinski definition) is 3. The Morgan fingerprint density at radius 1 is 0.612 bits per heavy atom. The van der Waals surface area contributed by atoms with Crippen molar-refractivity contribution in [1.29, 1.82) is 0 Å². The van der Waals surface area contributed by atoms with Gasteiger partial charge in [0.15, 0.2) is 5.52 Å². The van der Waals surface area contributed by atoms with Gasteiger partial charge in [0.1, 0.15) is 22.7 Å². The van der Waals surface area contributed by atoms with Crippen molar-refractivity contribution in [1.82, 2.24) is 19.1 Å². The van der Waals surface area contributed by atoms with Crippen molar-refractivity contribution in [2.24, 2.45) is 9.98 Å². The molecule has 49 heavy (non-hydrogen) atoms. The number of nitrogens with zero attached hydrogens (tertiary/aromatic N) is 5. The molecule has 2 aliphatic heterocycles. The van der Waals surface area contributed by atoms with Crippen molar-refractivity contribution < 1.29 is 0 Å². The highest BCUT2D eigenvalue weighted by atomic mass is 15.2. The van der Waals surface area contributed by atoms with Gasteiger partial charge in [-0.15, -0.1) is 0 Å². The lowest BCUT2D eigenvalue weighted by molar-refractivity contribution is 0.875. The van der Waals surface area contributed by atoms with Crippen molar-refractivity contribution >= 4 is 66.8 Å². The van der Waals surface area contributed by atoms with Gasteiger partial charge in [0.2, 0.25) is 6.17 Å². The van der Waals surface area contributed by atoms with E-state index in [1.54, 1.807) is 0 Å². The summed E-state index contributed by atoms with van der Waals surface area (Å²) in [5.74, 6) is 2.52. The maximum Gasteiger partial charge on any atom is 0.380 e. The number of fused-ring (bicyclic) bond motifs is 7. The summed E-state index contributed by atoms with van der Waals surface area (Å²) >= 11 is 0. The number of aliphatic imine (C=N–C) groups is 2. The van der Waals surface area contributed by atoms with Gasteiger partial charge < -0.3 is 9.88 Å². The molecule has 1 N–H and O–H groups in total. The van der Waals surface area contributed by atoms with E-state index >= 15 is 0 Å². The van der Waals surface area contributed by atoms with Crippen LogP contribution in [0.3, 0.4) is 0 Å². The van der Waals surface area contributed by atoms with E-state index in [0.29, 0.717) is 0 Å². The minimum atomic E-state index is -0.476. The van der Waals surface area contributed by atoms with Gasteiger partial charge in [-0.25, -0.2) is 14.7 Å². The third-order valence-corrected chi connectivity index (χ3v) is 9.73. The molecule has 6 heteroatoms. The van der Waals surface area contributed by atoms with Gasteiger partial charge in [-0.2, -0.15) is 4.57 Å². The molecule has 0 spiro atoms. The van der Waals surface area contributed by atoms with Crippen LogP contribution in [0.15, 0.2) is 167 Å². The Labute approximate surface area is 282 Å². The van der Waals surface area contributed by atoms with Crippen LogP contribution in [0.1, 0.15) is 18.4 Å². The highest BCUT2D eigenvalue weighted by molar-refractivity contribution is 6.28. The third-order valence-electron chi connectivity index (χ3n) is 9.73. The Balaban J connectivity index is 1.25. The second kappa shape index (κ2) is 11.1. The van der Waals surface area contributed by atoms with Crippen molar-refractivity contribution in [3.8, 4) is 5.69 Å². The first-order valence-electron chi connectivity index (χ1n) is 16.8. The van der Waals surface area contributed by atoms with E-state index in [9.17, 15) is 0 Å². The number of rotatable bonds is 4. The Bertz CT molecular complexity index is 2710. The monoisotopic (exact) mass is 631 g/mol. The SMILES string of the molecule is C1=CCCC(C2=NC(C3=[N+]=C(n4c5ccccc5c5ccc6c7ccccc7n(-c7ccccc7)c6c54)C=C3)N=C(c3ccccc3)N2)=C1. The second-order valence-electron chi connectivity index (χ2n) is 12.6. The molecule has 2 aromatic heterocycles. The predicted molar refractivity (Wildman–Crippen MR) is 204 cm³/mol. The molecule has 1 unspecified atom stereocenters. The average molecular weight is 632 g/mol. The predicted octanol–water partition coefficient (Wildman–Crippen LogP) is 8.27. The molecule has 7 aromatic rings. The van der Waals surface area contributed by atoms with Gasteiger partial charge >= 0.3 is 5.84 Å². The number of amidine groups is 2. The molecule has 0 bridgehead atoms. The van der Waals surface area contributed by atoms with Crippen molar-refractivity contribution in [2.45, 2.75) is 19.0 Å². The maximum absolute atomic E-state index is 5.33. The van der Waals surface area contributed by atoms with Gasteiger partial charge in [0.05, 0.1) is 11.6 Å². The molecule has 232 valence electrons. The molecular weight excluding hydrogens is 601 g/mol. The zero-order chi connectivity index (χ0) is 32.3. The Morgan fingerprint density at radius 2 is 1.24 bits per heavy atom. The zero-order valence-electron chi connectivity index (χ0n) is 26.7. The van der Waals surface area contributed by atoms with Crippen LogP contribution < -0.4 is 9.98 Å². The van der Waals surface area contributed by atoms with Crippen LogP contribution in [-0.4, -0.2) is 38.5 Å². The first kappa shape index (κ1) is 27.6. The van der Waals surface area contributed by atoms with Gasteiger partial charge in [-0.3, -0.25) is 0 Å². The third kappa shape index (κ3) is 4.39. The second-order valence-corrected chi connectivity index (χ2v) is 12.6. The fourth-order valence-corrected chi connectivity index (χ4v) is 7.51. The summed E-state index contributed by atoms with van der Waals surface area (Å²) in [6, 6.07) is 42.8. The largest absolute Gasteiger partial charge is 0.380 e. The Hall–Kier alpha value is -6.49. The number of benzene rings is 5. The molecule has 0 saturated heterocycles. The summed E-state index contributed by atoms with van der Waals surface area (Å²) in [6.45, 7) is 0. The normalized spacial score (nSPS) is 17.3. The topological polar surface area (TPSA) is 60.7 Å². The van der Waals surface area contributed by atoms with Gasteiger partial charge in [-0.05, 0) is 54.8 Å². The van der Waals surface area contributed by atoms with Gasteiger partial charge in [0.25, 0.3) is 5.71 Å². The minimum absolute atomic E-state index is 0.476. The van der Waals surface area contributed by atoms with Crippen LogP contribution in [0.4, 0.5) is 0 Å². The number of hydrogen-bond donors (Lipinski definition) is 1. The van der Waals surface area contributed by atoms with Crippen molar-refractivity contribution in [3.63, 3.8) is 0 Å². The summed E-state index contributed by atoms with van der Waals surface area (Å²) in [4.78, 5) is 10.3. The number of para-hydroxylation sites is 3. The Morgan fingerprint density at radius 3 is 1.96 bits per heavy atom. The highest BCUT2D eigenvalue weighted by Crippen LogP contribution is 2.40. The van der Waals surface area contributed by atoms with E-state index in [4.69, 9.17) is 14.7 Å². The molecule has 4 heterocycles. The molecule has 0 amide bonds. The smallest absolute Gasteiger partial charge is 0.325 e. The molecule has 0 radical (unpaired) electrons. The lowest BCUT2D eigenvalue weighted by atomic mass is 10.0. The fourth-order valence-electron chi connectivity index (χ4n) is 7.51. The molecule has 5 aromatic carbocycles. The van der Waals surface area contributed by atoms with E-state index in [-0.39, 0.29) is 0 Å². The first-order valence-corrected chi connectivity index (χ1v) is 16.8. The van der Waals surface area contributed by atoms with Gasteiger partial charge in [0, 0.05) is 38.9 Å². The number of nitrogens with one attached hydrogen (secondary N) is 1. The summed E-state index contributed by atoms with van der Waals surface area (Å²) < 4.78 is 10.1. The van der Waals surface area contributed by atoms with Crippen LogP contribution in [0.2, 0.25) is 0 Å². The van der Waals surface area contributed by atoms with E-state index in [1.807, 2.05) is 18.2 Å². The lowest BCUT2D eigenvalue weighted by Crippen LogP contribution is -2.40. The molecule has 6 nitrogen and oxygen atoms in total. The molecule has 10 rings (SSSR count). The van der Waals surface area contributed by atoms with E-state index in [2.05, 4.69) is 148 Å². The van der Waals surface area contributed by atoms with Crippen molar-refractivity contribution in [2.75, 3.05) is 0 Å². The van der Waals surface area contributed by atoms with Crippen LogP contribution in [0, 0.1) is 0 Å². The number of aromatic nitrogens is 2. The molecule has 0 saturated carbocycles. The quantitative estimate of drug-likeness (QED) is 0.195. The fraction of sp³-hybridized carbons (Fsp3) is 0.0698. The van der Waals surface area contributed by atoms with E-state index in [0.717, 1.165) is 63.9 Å². The standard InChI is InChI=1S/C43H31N6/c1-4-14-28(15-5-1)41-45-42(29-16-6-2-7-17-29)47-43(46-41)35-26-27-38(44-35)49-37-23-13-11-21-32(37)34-25-24-33-31-20-10-12-22-36(31)48(39(33)40(34)49)30-18-8-3-9-19-30/h1-6,8-16,18-27,43H,7,17H2,(H,45,46,47)/q+1. The Kier molecular flexibility index (Phi) is 6.23. The molecule has 1 aliphatic carbocycles. The van der Waals surface area contributed by atoms with Crippen LogP contribution >= 0.6 is 0 Å². The van der Waals surface area contributed by atoms with Crippen LogP contribution in [0.5, 0.6) is 0 Å². The van der Waals surface area contributed by atoms with E-state index < -0.39 is 6.17 Å². The first-order chi connectivity index (χ1) is 24.3. The highest BCUT2D eigenvalue weighted by Gasteiger charge is 2.32. The molecule has 3 aliphatic rings. The molecule has 0 fully saturated rings. The zero-order valence-corrected chi connectivity index (χ0v) is 26.7. The average Bonchev–Trinajstić information content (AvgIpc) is 3.89. The molecule has 1 atom stereocenters. The summed E-state index contributed by atoms with van der Waals surface area (Å²) in [7, 11) is 0. The molecular formula is C43H31N6+. The van der Waals surface area contributed by atoms with Crippen molar-refractivity contribution in [3.05, 3.63) is 163 Å². The summed E-state index contributed by atoms with van der Waals surface area (Å²) in [6.07, 6.45) is 12.1. The minimum Gasteiger partial charge on any atom is -0.325 e. The summed E-state index contributed by atoms with van der Waals surface area (Å²) in [5.41, 5.74) is 8.73.